The zero-order valence-corrected chi connectivity index (χ0v) is 14.7. The van der Waals surface area contributed by atoms with Crippen LogP contribution in [0.15, 0.2) is 22.0 Å². The van der Waals surface area contributed by atoms with Crippen molar-refractivity contribution in [1.29, 1.82) is 0 Å². The molecule has 1 aliphatic carbocycles. The van der Waals surface area contributed by atoms with Crippen LogP contribution >= 0.6 is 31.9 Å². The van der Waals surface area contributed by atoms with Crippen molar-refractivity contribution >= 4 is 41.1 Å². The maximum atomic E-state index is 9.27. The first-order valence-corrected chi connectivity index (χ1v) is 8.84. The molecule has 2 aliphatic heterocycles. The van der Waals surface area contributed by atoms with Crippen LogP contribution in [0.3, 0.4) is 0 Å². The van der Waals surface area contributed by atoms with Gasteiger partial charge in [-0.2, -0.15) is 0 Å². The summed E-state index contributed by atoms with van der Waals surface area (Å²) in [5.74, 6) is 0.524. The lowest BCUT2D eigenvalue weighted by atomic mass is 9.85. The second-order valence-electron chi connectivity index (χ2n) is 5.68. The van der Waals surface area contributed by atoms with Crippen LogP contribution < -0.4 is 0 Å². The molecule has 0 spiro atoms. The molecule has 21 heavy (non-hydrogen) atoms. The van der Waals surface area contributed by atoms with Crippen molar-refractivity contribution in [2.45, 2.75) is 44.3 Å². The fourth-order valence-electron chi connectivity index (χ4n) is 3.15. The SMILES string of the molecule is OCC/C1=C/C[C@@H]2ON=C(Br)[C@H]2CC[C@H]2ON=C(Br)[C@H]2C1. The van der Waals surface area contributed by atoms with Crippen LogP contribution in [0.4, 0.5) is 0 Å². The first-order valence-electron chi connectivity index (χ1n) is 7.26. The van der Waals surface area contributed by atoms with Crippen LogP contribution in [0.2, 0.25) is 0 Å². The molecule has 7 heteroatoms. The Labute approximate surface area is 140 Å². The van der Waals surface area contributed by atoms with Crippen LogP contribution in [-0.4, -0.2) is 33.2 Å². The van der Waals surface area contributed by atoms with Crippen molar-refractivity contribution < 1.29 is 14.8 Å². The summed E-state index contributed by atoms with van der Waals surface area (Å²) in [6.07, 6.45) is 6.62. The third-order valence-electron chi connectivity index (χ3n) is 4.38. The van der Waals surface area contributed by atoms with Gasteiger partial charge < -0.3 is 14.8 Å². The molecule has 2 heterocycles. The molecule has 1 N–H and O–H groups in total. The van der Waals surface area contributed by atoms with E-state index >= 15 is 0 Å². The van der Waals surface area contributed by atoms with Gasteiger partial charge in [-0.05, 0) is 57.5 Å². The molecule has 4 atom stereocenters. The summed E-state index contributed by atoms with van der Waals surface area (Å²) < 4.78 is 1.77. The average Bonchev–Trinajstić information content (AvgIpc) is 2.99. The number of hydrogen-bond donors (Lipinski definition) is 1. The predicted octanol–water partition coefficient (Wildman–Crippen LogP) is 3.32. The van der Waals surface area contributed by atoms with Gasteiger partial charge in [0.15, 0.2) is 0 Å². The third kappa shape index (κ3) is 3.35. The number of oxime groups is 2. The predicted molar refractivity (Wildman–Crippen MR) is 87.7 cm³/mol. The summed E-state index contributed by atoms with van der Waals surface area (Å²) >= 11 is 7.01. The van der Waals surface area contributed by atoms with Gasteiger partial charge in [-0.25, -0.2) is 0 Å². The standard InChI is InChI=1S/C14H18Br2N2O3/c15-13-9-2-4-12-10(14(16)18-21-12)7-8(5-6-19)1-3-11(9)20-17-13/h1,9-12,19H,2-7H2/b8-1-/t9-,10-,11-,12+/m0/s1. The summed E-state index contributed by atoms with van der Waals surface area (Å²) in [7, 11) is 0. The van der Waals surface area contributed by atoms with Gasteiger partial charge in [-0.3, -0.25) is 0 Å². The molecule has 0 bridgehead atoms. The van der Waals surface area contributed by atoms with Crippen molar-refractivity contribution in [3.05, 3.63) is 11.6 Å². The van der Waals surface area contributed by atoms with E-state index in [9.17, 15) is 5.11 Å². The van der Waals surface area contributed by atoms with E-state index in [1.165, 1.54) is 5.57 Å². The first kappa shape index (κ1) is 15.5. The summed E-state index contributed by atoms with van der Waals surface area (Å²) in [6, 6.07) is 0. The molecular formula is C14H18Br2N2O3. The summed E-state index contributed by atoms with van der Waals surface area (Å²) in [6.45, 7) is 0.161. The van der Waals surface area contributed by atoms with E-state index in [-0.39, 0.29) is 30.7 Å². The minimum absolute atomic E-state index is 0.0791. The third-order valence-corrected chi connectivity index (χ3v) is 5.84. The number of fused-ring (bicyclic) bond motifs is 2. The number of aliphatic hydroxyl groups is 1. The second kappa shape index (κ2) is 6.79. The fourth-order valence-corrected chi connectivity index (χ4v) is 4.29. The number of nitrogens with zero attached hydrogens (tertiary/aromatic N) is 2. The monoisotopic (exact) mass is 420 g/mol. The fraction of sp³-hybridized carbons (Fsp3) is 0.714. The summed E-state index contributed by atoms with van der Waals surface area (Å²) in [4.78, 5) is 11.1. The summed E-state index contributed by atoms with van der Waals surface area (Å²) in [5, 5.41) is 17.4. The molecule has 0 aromatic heterocycles. The van der Waals surface area contributed by atoms with Gasteiger partial charge >= 0.3 is 0 Å². The highest BCUT2D eigenvalue weighted by atomic mass is 79.9. The van der Waals surface area contributed by atoms with Gasteiger partial charge in [0.05, 0.1) is 11.8 Å². The van der Waals surface area contributed by atoms with Crippen molar-refractivity contribution in [2.24, 2.45) is 22.1 Å². The molecule has 3 aliphatic rings. The smallest absolute Gasteiger partial charge is 0.140 e. The van der Waals surface area contributed by atoms with E-state index in [0.29, 0.717) is 6.42 Å². The van der Waals surface area contributed by atoms with Crippen LogP contribution in [-0.2, 0) is 9.68 Å². The number of aliphatic hydroxyl groups excluding tert-OH is 1. The first-order chi connectivity index (χ1) is 10.2. The quantitative estimate of drug-likeness (QED) is 0.695. The highest BCUT2D eigenvalue weighted by molar-refractivity contribution is 9.18. The topological polar surface area (TPSA) is 63.4 Å². The lowest BCUT2D eigenvalue weighted by molar-refractivity contribution is 0.0343. The molecule has 0 saturated carbocycles. The van der Waals surface area contributed by atoms with Crippen molar-refractivity contribution in [1.82, 2.24) is 0 Å². The Morgan fingerprint density at radius 2 is 1.81 bits per heavy atom. The lowest BCUT2D eigenvalue weighted by Crippen LogP contribution is -2.27. The van der Waals surface area contributed by atoms with Gasteiger partial charge in [0.1, 0.15) is 21.4 Å². The number of halogens is 2. The van der Waals surface area contributed by atoms with Crippen molar-refractivity contribution in [3.63, 3.8) is 0 Å². The van der Waals surface area contributed by atoms with E-state index in [4.69, 9.17) is 9.68 Å². The zero-order chi connectivity index (χ0) is 14.8. The minimum Gasteiger partial charge on any atom is -0.396 e. The molecule has 0 saturated heterocycles. The Kier molecular flexibility index (Phi) is 5.01. The molecule has 0 radical (unpaired) electrons. The van der Waals surface area contributed by atoms with Gasteiger partial charge in [-0.1, -0.05) is 22.0 Å². The van der Waals surface area contributed by atoms with Crippen LogP contribution in [0, 0.1) is 11.8 Å². The summed E-state index contributed by atoms with van der Waals surface area (Å²) in [5.41, 5.74) is 1.23. The van der Waals surface area contributed by atoms with Crippen LogP contribution in [0.25, 0.3) is 0 Å². The molecule has 0 amide bonds. The van der Waals surface area contributed by atoms with Crippen LogP contribution in [0.1, 0.15) is 32.1 Å². The average molecular weight is 422 g/mol. The van der Waals surface area contributed by atoms with Gasteiger partial charge in [0, 0.05) is 13.0 Å². The molecule has 0 unspecified atom stereocenters. The van der Waals surface area contributed by atoms with Crippen molar-refractivity contribution in [3.8, 4) is 0 Å². The Bertz CT molecular complexity index is 493. The maximum Gasteiger partial charge on any atom is 0.140 e. The molecule has 5 nitrogen and oxygen atoms in total. The number of hydrogen-bond acceptors (Lipinski definition) is 5. The maximum absolute atomic E-state index is 9.27. The lowest BCUT2D eigenvalue weighted by Gasteiger charge is -2.24. The minimum atomic E-state index is 0.0791. The largest absolute Gasteiger partial charge is 0.396 e. The van der Waals surface area contributed by atoms with E-state index in [0.717, 1.165) is 34.9 Å². The van der Waals surface area contributed by atoms with Crippen LogP contribution in [0.5, 0.6) is 0 Å². The highest BCUT2D eigenvalue weighted by Crippen LogP contribution is 2.37. The molecule has 3 rings (SSSR count). The molecule has 0 fully saturated rings. The van der Waals surface area contributed by atoms with Gasteiger partial charge in [-0.15, -0.1) is 0 Å². The molecule has 0 aromatic rings. The normalized spacial score (nSPS) is 38.1. The molecule has 116 valence electrons. The van der Waals surface area contributed by atoms with E-state index in [1.807, 2.05) is 0 Å². The Balaban J connectivity index is 1.81. The zero-order valence-electron chi connectivity index (χ0n) is 11.5. The van der Waals surface area contributed by atoms with E-state index < -0.39 is 0 Å². The Morgan fingerprint density at radius 3 is 2.57 bits per heavy atom. The van der Waals surface area contributed by atoms with Gasteiger partial charge in [0.25, 0.3) is 0 Å². The molecule has 0 aromatic carbocycles. The Morgan fingerprint density at radius 1 is 1.10 bits per heavy atom. The second-order valence-corrected chi connectivity index (χ2v) is 7.31. The molecular weight excluding hydrogens is 404 g/mol. The highest BCUT2D eigenvalue weighted by Gasteiger charge is 2.38. The van der Waals surface area contributed by atoms with E-state index in [1.54, 1.807) is 0 Å². The number of rotatable bonds is 2. The van der Waals surface area contributed by atoms with Gasteiger partial charge in [0.2, 0.25) is 0 Å². The van der Waals surface area contributed by atoms with E-state index in [2.05, 4.69) is 48.2 Å². The van der Waals surface area contributed by atoms with Crippen molar-refractivity contribution in [2.75, 3.05) is 6.61 Å². The Hall–Kier alpha value is -0.400.